The maximum atomic E-state index is 12.9. The van der Waals surface area contributed by atoms with Gasteiger partial charge < -0.3 is 31.5 Å². The Morgan fingerprint density at radius 1 is 1.03 bits per heavy atom. The molecule has 0 spiro atoms. The Morgan fingerprint density at radius 2 is 1.66 bits per heavy atom. The second-order valence-electron chi connectivity index (χ2n) is 8.98. The Hall–Kier alpha value is -2.69. The number of carbonyl (C=O) groups is 5. The Labute approximate surface area is 188 Å². The first-order valence-electron chi connectivity index (χ1n) is 11.0. The van der Waals surface area contributed by atoms with E-state index < -0.39 is 54.3 Å². The molecule has 1 rings (SSSR count). The third kappa shape index (κ3) is 8.10. The van der Waals surface area contributed by atoms with E-state index in [9.17, 15) is 29.1 Å². The molecule has 11 heteroatoms. The van der Waals surface area contributed by atoms with Gasteiger partial charge in [-0.2, -0.15) is 0 Å². The number of hydrogen-bond donors (Lipinski definition) is 5. The van der Waals surface area contributed by atoms with Crippen LogP contribution in [0, 0.1) is 11.8 Å². The van der Waals surface area contributed by atoms with Crippen LogP contribution in [0.3, 0.4) is 0 Å². The molecule has 0 aromatic heterocycles. The molecule has 1 heterocycles. The van der Waals surface area contributed by atoms with E-state index in [0.717, 1.165) is 0 Å². The lowest BCUT2D eigenvalue weighted by Gasteiger charge is -2.29. The van der Waals surface area contributed by atoms with E-state index in [4.69, 9.17) is 10.8 Å². The monoisotopic (exact) mass is 456 g/mol. The first-order valence-corrected chi connectivity index (χ1v) is 11.0. The van der Waals surface area contributed by atoms with Gasteiger partial charge in [0.05, 0.1) is 6.04 Å². The molecule has 0 aromatic rings. The molecule has 1 fully saturated rings. The zero-order valence-electron chi connectivity index (χ0n) is 19.2. The summed E-state index contributed by atoms with van der Waals surface area (Å²) in [6, 6.07) is -4.00. The van der Waals surface area contributed by atoms with Crippen LogP contribution in [-0.4, -0.2) is 75.5 Å². The fourth-order valence-electron chi connectivity index (χ4n) is 3.55. The zero-order chi connectivity index (χ0) is 24.6. The first kappa shape index (κ1) is 27.3. The summed E-state index contributed by atoms with van der Waals surface area (Å²) in [5.41, 5.74) is 5.95. The average molecular weight is 457 g/mol. The minimum atomic E-state index is -1.25. The number of carbonyl (C=O) groups excluding carboxylic acids is 3. The molecule has 3 amide bonds. The molecule has 4 atom stereocenters. The van der Waals surface area contributed by atoms with E-state index in [1.165, 1.54) is 4.90 Å². The van der Waals surface area contributed by atoms with Crippen molar-refractivity contribution in [2.75, 3.05) is 6.54 Å². The first-order chi connectivity index (χ1) is 14.8. The number of likely N-dealkylation sites (tertiary alicyclic amines) is 1. The summed E-state index contributed by atoms with van der Waals surface area (Å²) >= 11 is 0. The van der Waals surface area contributed by atoms with Gasteiger partial charge in [-0.25, -0.2) is 4.79 Å². The fraction of sp³-hybridized carbons (Fsp3) is 0.762. The SMILES string of the molecule is CC(C)CC(NC(=O)C(CCC(=O)O)NC(=O)C1CCCN1C(=O)C(N)C(C)C)C(=O)O. The van der Waals surface area contributed by atoms with Crippen molar-refractivity contribution in [2.45, 2.75) is 84.0 Å². The quantitative estimate of drug-likeness (QED) is 0.270. The van der Waals surface area contributed by atoms with Gasteiger partial charge in [-0.15, -0.1) is 0 Å². The summed E-state index contributed by atoms with van der Waals surface area (Å²) in [5.74, 6) is -4.22. The van der Waals surface area contributed by atoms with Gasteiger partial charge in [-0.05, 0) is 37.5 Å². The van der Waals surface area contributed by atoms with Gasteiger partial charge in [0, 0.05) is 13.0 Å². The molecule has 0 bridgehead atoms. The van der Waals surface area contributed by atoms with E-state index in [-0.39, 0.29) is 30.6 Å². The summed E-state index contributed by atoms with van der Waals surface area (Å²) < 4.78 is 0. The van der Waals surface area contributed by atoms with Crippen molar-refractivity contribution in [1.29, 1.82) is 0 Å². The standard InChI is InChI=1S/C21H36N4O7/c1-11(2)10-14(21(31)32)24-18(28)13(7-8-16(26)27)23-19(29)15-6-5-9-25(15)20(30)17(22)12(3)4/h11-15,17H,5-10,22H2,1-4H3,(H,23,29)(H,24,28)(H,26,27)(H,31,32). The van der Waals surface area contributed by atoms with Crippen LogP contribution in [0.4, 0.5) is 0 Å². The molecule has 11 nitrogen and oxygen atoms in total. The van der Waals surface area contributed by atoms with Gasteiger partial charge in [0.15, 0.2) is 0 Å². The summed E-state index contributed by atoms with van der Waals surface area (Å²) in [5, 5.41) is 23.3. The number of amides is 3. The van der Waals surface area contributed by atoms with Crippen molar-refractivity contribution in [3.05, 3.63) is 0 Å². The van der Waals surface area contributed by atoms with Gasteiger partial charge in [-0.1, -0.05) is 27.7 Å². The molecular formula is C21H36N4O7. The summed E-state index contributed by atoms with van der Waals surface area (Å²) in [6.45, 7) is 7.57. The third-order valence-corrected chi connectivity index (χ3v) is 5.44. The van der Waals surface area contributed by atoms with E-state index in [2.05, 4.69) is 10.6 Å². The zero-order valence-corrected chi connectivity index (χ0v) is 19.2. The molecule has 0 aromatic carbocycles. The Morgan fingerprint density at radius 3 is 2.16 bits per heavy atom. The normalized spacial score (nSPS) is 18.8. The largest absolute Gasteiger partial charge is 0.481 e. The minimum absolute atomic E-state index is 0.00770. The Balaban J connectivity index is 2.95. The van der Waals surface area contributed by atoms with Crippen molar-refractivity contribution in [1.82, 2.24) is 15.5 Å². The third-order valence-electron chi connectivity index (χ3n) is 5.44. The lowest BCUT2D eigenvalue weighted by atomic mass is 10.0. The van der Waals surface area contributed by atoms with Crippen molar-refractivity contribution < 1.29 is 34.2 Å². The van der Waals surface area contributed by atoms with Crippen molar-refractivity contribution in [2.24, 2.45) is 17.6 Å². The summed E-state index contributed by atoms with van der Waals surface area (Å²) in [4.78, 5) is 62.2. The second-order valence-corrected chi connectivity index (χ2v) is 8.98. The fourth-order valence-corrected chi connectivity index (χ4v) is 3.55. The topological polar surface area (TPSA) is 179 Å². The van der Waals surface area contributed by atoms with Crippen LogP contribution in [0.15, 0.2) is 0 Å². The van der Waals surface area contributed by atoms with E-state index in [0.29, 0.717) is 19.4 Å². The highest BCUT2D eigenvalue weighted by Crippen LogP contribution is 2.20. The number of aliphatic carboxylic acids is 2. The van der Waals surface area contributed by atoms with E-state index >= 15 is 0 Å². The molecular weight excluding hydrogens is 420 g/mol. The number of carboxylic acid groups (broad SMARTS) is 2. The smallest absolute Gasteiger partial charge is 0.326 e. The number of carboxylic acids is 2. The van der Waals surface area contributed by atoms with Crippen molar-refractivity contribution in [3.8, 4) is 0 Å². The van der Waals surface area contributed by atoms with E-state index in [1.807, 2.05) is 0 Å². The van der Waals surface area contributed by atoms with Gasteiger partial charge in [0.2, 0.25) is 17.7 Å². The molecule has 0 aliphatic carbocycles. The molecule has 1 saturated heterocycles. The summed E-state index contributed by atoms with van der Waals surface area (Å²) in [6.07, 6.45) is 0.550. The van der Waals surface area contributed by atoms with Crippen LogP contribution in [0.2, 0.25) is 0 Å². The molecule has 4 unspecified atom stereocenters. The van der Waals surface area contributed by atoms with Crippen LogP contribution in [0.5, 0.6) is 0 Å². The number of nitrogens with two attached hydrogens (primary N) is 1. The second kappa shape index (κ2) is 12.4. The number of nitrogens with zero attached hydrogens (tertiary/aromatic N) is 1. The van der Waals surface area contributed by atoms with Gasteiger partial charge >= 0.3 is 11.9 Å². The Kier molecular flexibility index (Phi) is 10.6. The lowest BCUT2D eigenvalue weighted by molar-refractivity contribution is -0.144. The predicted octanol–water partition coefficient (Wildman–Crippen LogP) is -0.0742. The summed E-state index contributed by atoms with van der Waals surface area (Å²) in [7, 11) is 0. The maximum Gasteiger partial charge on any atom is 0.326 e. The van der Waals surface area contributed by atoms with Gasteiger partial charge in [-0.3, -0.25) is 19.2 Å². The van der Waals surface area contributed by atoms with Crippen molar-refractivity contribution in [3.63, 3.8) is 0 Å². The average Bonchev–Trinajstić information content (AvgIpc) is 3.18. The Bertz CT molecular complexity index is 710. The molecule has 1 aliphatic heterocycles. The van der Waals surface area contributed by atoms with Gasteiger partial charge in [0.25, 0.3) is 0 Å². The molecule has 1 aliphatic rings. The molecule has 6 N–H and O–H groups in total. The van der Waals surface area contributed by atoms with Crippen LogP contribution in [0.25, 0.3) is 0 Å². The highest BCUT2D eigenvalue weighted by Gasteiger charge is 2.38. The molecule has 182 valence electrons. The minimum Gasteiger partial charge on any atom is -0.481 e. The molecule has 0 radical (unpaired) electrons. The van der Waals surface area contributed by atoms with Crippen molar-refractivity contribution >= 4 is 29.7 Å². The highest BCUT2D eigenvalue weighted by molar-refractivity contribution is 5.94. The van der Waals surface area contributed by atoms with Crippen LogP contribution < -0.4 is 16.4 Å². The predicted molar refractivity (Wildman–Crippen MR) is 115 cm³/mol. The van der Waals surface area contributed by atoms with Gasteiger partial charge in [0.1, 0.15) is 18.1 Å². The maximum absolute atomic E-state index is 12.9. The van der Waals surface area contributed by atoms with Crippen LogP contribution in [-0.2, 0) is 24.0 Å². The number of nitrogens with one attached hydrogen (secondary N) is 2. The highest BCUT2D eigenvalue weighted by atomic mass is 16.4. The number of hydrogen-bond acceptors (Lipinski definition) is 6. The molecule has 32 heavy (non-hydrogen) atoms. The lowest BCUT2D eigenvalue weighted by Crippen LogP contribution is -2.57. The van der Waals surface area contributed by atoms with Crippen LogP contribution >= 0.6 is 0 Å². The number of rotatable bonds is 12. The van der Waals surface area contributed by atoms with Crippen LogP contribution in [0.1, 0.15) is 59.8 Å². The van der Waals surface area contributed by atoms with E-state index in [1.54, 1.807) is 27.7 Å². The molecule has 0 saturated carbocycles.